The summed E-state index contributed by atoms with van der Waals surface area (Å²) in [4.78, 5) is 8.64. The lowest BCUT2D eigenvalue weighted by Crippen LogP contribution is -2.37. The molecule has 0 fully saturated rings. The average molecular weight is 451 g/mol. The molecule has 0 aliphatic rings. The summed E-state index contributed by atoms with van der Waals surface area (Å²) in [5, 5.41) is 15.9. The number of hydrogen-bond acceptors (Lipinski definition) is 4. The first-order chi connectivity index (χ1) is 11.7. The van der Waals surface area contributed by atoms with Gasteiger partial charge in [0.25, 0.3) is 0 Å². The molecule has 1 aromatic carbocycles. The molecule has 0 atom stereocenters. The number of halogens is 1. The molecule has 0 spiro atoms. The number of aliphatic imine (C=N–C) groups is 1. The minimum atomic E-state index is 0. The summed E-state index contributed by atoms with van der Waals surface area (Å²) in [6.07, 6.45) is 1.83. The van der Waals surface area contributed by atoms with Crippen LogP contribution in [-0.2, 0) is 20.1 Å². The summed E-state index contributed by atoms with van der Waals surface area (Å²) in [6, 6.07) is 10.1. The molecule has 25 heavy (non-hydrogen) atoms. The Hall–Kier alpha value is -2.23. The summed E-state index contributed by atoms with van der Waals surface area (Å²) in [5.74, 6) is 2.47. The highest BCUT2D eigenvalue weighted by atomic mass is 127. The van der Waals surface area contributed by atoms with Gasteiger partial charge < -0.3 is 15.2 Å². The van der Waals surface area contributed by atoms with E-state index in [0.29, 0.717) is 13.1 Å². The second-order valence-corrected chi connectivity index (χ2v) is 5.49. The minimum Gasteiger partial charge on any atom is -0.352 e. The van der Waals surface area contributed by atoms with Crippen LogP contribution in [0.2, 0.25) is 0 Å². The van der Waals surface area contributed by atoms with Crippen molar-refractivity contribution in [1.82, 2.24) is 30.4 Å². The van der Waals surface area contributed by atoms with Gasteiger partial charge in [0.15, 0.2) is 11.8 Å². The molecule has 7 nitrogen and oxygen atoms in total. The number of hydrogen-bond donors (Lipinski definition) is 2. The molecule has 8 heteroatoms. The molecule has 3 rings (SSSR count). The van der Waals surface area contributed by atoms with Crippen LogP contribution in [0.5, 0.6) is 0 Å². The molecule has 3 aromatic rings. The number of rotatable bonds is 4. The molecule has 2 aromatic heterocycles. The fourth-order valence-electron chi connectivity index (χ4n) is 2.48. The number of para-hydroxylation sites is 1. The predicted molar refractivity (Wildman–Crippen MR) is 110 cm³/mol. The van der Waals surface area contributed by atoms with E-state index in [1.54, 1.807) is 7.05 Å². The molecule has 0 radical (unpaired) electrons. The van der Waals surface area contributed by atoms with Gasteiger partial charge in [0.1, 0.15) is 5.82 Å². The van der Waals surface area contributed by atoms with E-state index in [9.17, 15) is 0 Å². The summed E-state index contributed by atoms with van der Waals surface area (Å²) in [5.41, 5.74) is 2.17. The maximum Gasteiger partial charge on any atom is 0.191 e. The molecule has 0 amide bonds. The van der Waals surface area contributed by atoms with Crippen LogP contribution in [-0.4, -0.2) is 32.8 Å². The summed E-state index contributed by atoms with van der Waals surface area (Å²) >= 11 is 0. The Balaban J connectivity index is 0.00000225. The van der Waals surface area contributed by atoms with Crippen LogP contribution in [0.1, 0.15) is 17.2 Å². The van der Waals surface area contributed by atoms with E-state index < -0.39 is 0 Å². The molecule has 2 N–H and O–H groups in total. The number of pyridine rings is 1. The zero-order chi connectivity index (χ0) is 16.9. The first kappa shape index (κ1) is 19.1. The van der Waals surface area contributed by atoms with E-state index >= 15 is 0 Å². The van der Waals surface area contributed by atoms with Gasteiger partial charge in [-0.05, 0) is 24.6 Å². The third-order valence-electron chi connectivity index (χ3n) is 4.01. The van der Waals surface area contributed by atoms with E-state index in [1.807, 2.05) is 49.0 Å². The Labute approximate surface area is 164 Å². The molecule has 0 bridgehead atoms. The lowest BCUT2D eigenvalue weighted by molar-refractivity contribution is 0.718. The van der Waals surface area contributed by atoms with Gasteiger partial charge in [-0.25, -0.2) is 0 Å². The standard InChI is InChI=1S/C17H21N7.HI/c1-12-22-23-16(24(12)3)11-21-17(18-2)20-10-13-8-9-19-15-7-5-4-6-14(13)15;/h4-9H,10-11H2,1-3H3,(H2,18,20,21);1H. The van der Waals surface area contributed by atoms with Crippen LogP contribution >= 0.6 is 24.0 Å². The van der Waals surface area contributed by atoms with E-state index in [4.69, 9.17) is 0 Å². The largest absolute Gasteiger partial charge is 0.352 e. The van der Waals surface area contributed by atoms with Gasteiger partial charge in [-0.3, -0.25) is 9.98 Å². The molecule has 2 heterocycles. The molecule has 0 aliphatic heterocycles. The van der Waals surface area contributed by atoms with Gasteiger partial charge in [0, 0.05) is 32.2 Å². The van der Waals surface area contributed by atoms with Crippen molar-refractivity contribution in [3.8, 4) is 0 Å². The van der Waals surface area contributed by atoms with Crippen LogP contribution in [0.3, 0.4) is 0 Å². The molecule has 132 valence electrons. The van der Waals surface area contributed by atoms with Crippen molar-refractivity contribution in [2.24, 2.45) is 12.0 Å². The lowest BCUT2D eigenvalue weighted by atomic mass is 10.1. The van der Waals surface area contributed by atoms with Crippen molar-refractivity contribution in [3.63, 3.8) is 0 Å². The SMILES string of the molecule is CN=C(NCc1ccnc2ccccc12)NCc1nnc(C)n1C.I. The monoisotopic (exact) mass is 451 g/mol. The Morgan fingerprint density at radius 2 is 1.88 bits per heavy atom. The topological polar surface area (TPSA) is 80.0 Å². The number of nitrogens with zero attached hydrogens (tertiary/aromatic N) is 5. The maximum absolute atomic E-state index is 4.39. The Morgan fingerprint density at radius 1 is 1.12 bits per heavy atom. The second kappa shape index (κ2) is 8.75. The highest BCUT2D eigenvalue weighted by Crippen LogP contribution is 2.15. The highest BCUT2D eigenvalue weighted by Gasteiger charge is 2.07. The van der Waals surface area contributed by atoms with E-state index in [-0.39, 0.29) is 24.0 Å². The Bertz CT molecular complexity index is 867. The van der Waals surface area contributed by atoms with Crippen molar-refractivity contribution < 1.29 is 0 Å². The number of fused-ring (bicyclic) bond motifs is 1. The Morgan fingerprint density at radius 3 is 2.60 bits per heavy atom. The number of guanidine groups is 1. The first-order valence-electron chi connectivity index (χ1n) is 7.81. The van der Waals surface area contributed by atoms with E-state index in [0.717, 1.165) is 28.5 Å². The van der Waals surface area contributed by atoms with Crippen molar-refractivity contribution in [1.29, 1.82) is 0 Å². The third kappa shape index (κ3) is 4.44. The zero-order valence-corrected chi connectivity index (χ0v) is 16.9. The first-order valence-corrected chi connectivity index (χ1v) is 7.81. The fourth-order valence-corrected chi connectivity index (χ4v) is 2.48. The van der Waals surface area contributed by atoms with Gasteiger partial charge >= 0.3 is 0 Å². The zero-order valence-electron chi connectivity index (χ0n) is 14.5. The number of aromatic nitrogens is 4. The lowest BCUT2D eigenvalue weighted by Gasteiger charge is -2.12. The second-order valence-electron chi connectivity index (χ2n) is 5.49. The maximum atomic E-state index is 4.39. The van der Waals surface area contributed by atoms with E-state index in [2.05, 4.69) is 36.9 Å². The van der Waals surface area contributed by atoms with Crippen LogP contribution in [0.15, 0.2) is 41.5 Å². The molecule has 0 saturated carbocycles. The smallest absolute Gasteiger partial charge is 0.191 e. The van der Waals surface area contributed by atoms with Crippen LogP contribution in [0.25, 0.3) is 10.9 Å². The van der Waals surface area contributed by atoms with Crippen LogP contribution in [0, 0.1) is 6.92 Å². The van der Waals surface area contributed by atoms with Crippen LogP contribution in [0.4, 0.5) is 0 Å². The quantitative estimate of drug-likeness (QED) is 0.361. The van der Waals surface area contributed by atoms with Crippen molar-refractivity contribution in [2.75, 3.05) is 7.05 Å². The number of nitrogens with one attached hydrogen (secondary N) is 2. The predicted octanol–water partition coefficient (Wildman–Crippen LogP) is 2.15. The highest BCUT2D eigenvalue weighted by molar-refractivity contribution is 14.0. The van der Waals surface area contributed by atoms with E-state index in [1.165, 1.54) is 5.56 Å². The van der Waals surface area contributed by atoms with Gasteiger partial charge in [-0.2, -0.15) is 0 Å². The van der Waals surface area contributed by atoms with Crippen LogP contribution < -0.4 is 10.6 Å². The molecule has 0 saturated heterocycles. The van der Waals surface area contributed by atoms with Gasteiger partial charge in [0.2, 0.25) is 0 Å². The average Bonchev–Trinajstić information content (AvgIpc) is 2.94. The van der Waals surface area contributed by atoms with Gasteiger partial charge in [-0.15, -0.1) is 34.2 Å². The number of aryl methyl sites for hydroxylation is 1. The summed E-state index contributed by atoms with van der Waals surface area (Å²) < 4.78 is 1.96. The van der Waals surface area contributed by atoms with Gasteiger partial charge in [-0.1, -0.05) is 18.2 Å². The van der Waals surface area contributed by atoms with Gasteiger partial charge in [0.05, 0.1) is 12.1 Å². The number of benzene rings is 1. The fraction of sp³-hybridized carbons (Fsp3) is 0.294. The molecular formula is C17H22IN7. The third-order valence-corrected chi connectivity index (χ3v) is 4.01. The molecular weight excluding hydrogens is 429 g/mol. The van der Waals surface area contributed by atoms with Crippen molar-refractivity contribution >= 4 is 40.8 Å². The molecule has 0 unspecified atom stereocenters. The van der Waals surface area contributed by atoms with Crippen molar-refractivity contribution in [2.45, 2.75) is 20.0 Å². The summed E-state index contributed by atoms with van der Waals surface area (Å²) in [6.45, 7) is 3.16. The molecule has 0 aliphatic carbocycles. The normalized spacial score (nSPS) is 11.2. The minimum absolute atomic E-state index is 0. The van der Waals surface area contributed by atoms with Crippen molar-refractivity contribution in [3.05, 3.63) is 53.7 Å². The Kier molecular flexibility index (Phi) is 6.68. The summed E-state index contributed by atoms with van der Waals surface area (Å²) in [7, 11) is 3.70.